The van der Waals surface area contributed by atoms with E-state index in [1.54, 1.807) is 18.2 Å². The second-order valence-corrected chi connectivity index (χ2v) is 7.12. The third kappa shape index (κ3) is 4.39. The second-order valence-electron chi connectivity index (χ2n) is 5.44. The Labute approximate surface area is 142 Å². The molecule has 2 N–H and O–H groups in total. The first kappa shape index (κ1) is 16.1. The quantitative estimate of drug-likeness (QED) is 0.790. The fraction of sp³-hybridized carbons (Fsp3) is 0.400. The number of rotatable bonds is 5. The molecule has 0 radical (unpaired) electrons. The van der Waals surface area contributed by atoms with Crippen molar-refractivity contribution in [2.24, 2.45) is 0 Å². The maximum atomic E-state index is 12.0. The molecule has 0 aromatic heterocycles. The van der Waals surface area contributed by atoms with Crippen LogP contribution in [0.5, 0.6) is 0 Å². The fourth-order valence-corrected chi connectivity index (χ4v) is 3.36. The Balaban J connectivity index is 1.51. The molecule has 0 saturated heterocycles. The number of esters is 1. The van der Waals surface area contributed by atoms with Crippen molar-refractivity contribution in [2.45, 2.75) is 35.4 Å². The summed E-state index contributed by atoms with van der Waals surface area (Å²) in [4.78, 5) is 36.2. The number of benzene rings is 1. The molecule has 122 valence electrons. The summed E-state index contributed by atoms with van der Waals surface area (Å²) >= 11 is 7.17. The highest BCUT2D eigenvalue weighted by molar-refractivity contribution is 8.01. The molecule has 0 spiro atoms. The van der Waals surface area contributed by atoms with Crippen LogP contribution in [0.25, 0.3) is 0 Å². The van der Waals surface area contributed by atoms with E-state index in [1.165, 1.54) is 11.8 Å². The largest absolute Gasteiger partial charge is 0.456 e. The van der Waals surface area contributed by atoms with E-state index >= 15 is 0 Å². The molecule has 0 bridgehead atoms. The molecular formula is C15H15ClN2O4S. The average molecular weight is 355 g/mol. The van der Waals surface area contributed by atoms with Gasteiger partial charge in [-0.2, -0.15) is 0 Å². The predicted octanol–water partition coefficient (Wildman–Crippen LogP) is 1.96. The maximum absolute atomic E-state index is 12.0. The molecule has 1 heterocycles. The number of anilines is 1. The maximum Gasteiger partial charge on any atom is 0.307 e. The predicted molar refractivity (Wildman–Crippen MR) is 86.5 cm³/mol. The lowest BCUT2D eigenvalue weighted by Crippen LogP contribution is -2.33. The fourth-order valence-electron chi connectivity index (χ4n) is 2.11. The van der Waals surface area contributed by atoms with E-state index in [1.807, 2.05) is 0 Å². The Morgan fingerprint density at radius 3 is 2.91 bits per heavy atom. The Bertz CT molecular complexity index is 663. The summed E-state index contributed by atoms with van der Waals surface area (Å²) in [5, 5.41) is 5.40. The molecule has 6 nitrogen and oxygen atoms in total. The van der Waals surface area contributed by atoms with E-state index in [0.29, 0.717) is 10.7 Å². The SMILES string of the molecule is O=C(COC(=O)CC1Sc2ccc(Cl)cc2NC1=O)NC1CC1. The van der Waals surface area contributed by atoms with Gasteiger partial charge >= 0.3 is 5.97 Å². The van der Waals surface area contributed by atoms with Gasteiger partial charge in [0.15, 0.2) is 6.61 Å². The van der Waals surface area contributed by atoms with Crippen LogP contribution in [0.15, 0.2) is 23.1 Å². The van der Waals surface area contributed by atoms with Crippen LogP contribution < -0.4 is 10.6 Å². The molecule has 1 saturated carbocycles. The summed E-state index contributed by atoms with van der Waals surface area (Å²) in [5.41, 5.74) is 0.640. The van der Waals surface area contributed by atoms with Crippen LogP contribution in [0, 0.1) is 0 Å². The topological polar surface area (TPSA) is 84.5 Å². The molecule has 1 aliphatic carbocycles. The molecule has 8 heteroatoms. The molecule has 1 aromatic carbocycles. The summed E-state index contributed by atoms with van der Waals surface area (Å²) in [5.74, 6) is -1.15. The number of fused-ring (bicyclic) bond motifs is 1. The van der Waals surface area contributed by atoms with Crippen molar-refractivity contribution >= 4 is 46.8 Å². The van der Waals surface area contributed by atoms with Gasteiger partial charge in [0, 0.05) is 16.0 Å². The molecule has 23 heavy (non-hydrogen) atoms. The number of halogens is 1. The van der Waals surface area contributed by atoms with Gasteiger partial charge in [0.25, 0.3) is 5.91 Å². The highest BCUT2D eigenvalue weighted by atomic mass is 35.5. The Kier molecular flexibility index (Phi) is 4.77. The molecule has 2 aliphatic rings. The van der Waals surface area contributed by atoms with Gasteiger partial charge in [0.05, 0.1) is 17.4 Å². The highest BCUT2D eigenvalue weighted by Crippen LogP contribution is 2.38. The number of amides is 2. The number of carbonyl (C=O) groups is 3. The van der Waals surface area contributed by atoms with Gasteiger partial charge in [-0.05, 0) is 31.0 Å². The Morgan fingerprint density at radius 2 is 2.17 bits per heavy atom. The third-order valence-electron chi connectivity index (χ3n) is 3.42. The minimum Gasteiger partial charge on any atom is -0.456 e. The summed E-state index contributed by atoms with van der Waals surface area (Å²) in [7, 11) is 0. The minimum atomic E-state index is -0.581. The van der Waals surface area contributed by atoms with Crippen LogP contribution in [0.3, 0.4) is 0 Å². The number of hydrogen-bond acceptors (Lipinski definition) is 5. The summed E-state index contributed by atoms with van der Waals surface area (Å²) in [6.07, 6.45) is 1.86. The number of hydrogen-bond donors (Lipinski definition) is 2. The zero-order chi connectivity index (χ0) is 16.4. The van der Waals surface area contributed by atoms with E-state index in [-0.39, 0.29) is 30.9 Å². The van der Waals surface area contributed by atoms with Crippen LogP contribution in [0.2, 0.25) is 5.02 Å². The van der Waals surface area contributed by atoms with Crippen molar-refractivity contribution in [1.29, 1.82) is 0 Å². The van der Waals surface area contributed by atoms with Crippen LogP contribution in [-0.4, -0.2) is 35.7 Å². The monoisotopic (exact) mass is 354 g/mol. The zero-order valence-corrected chi connectivity index (χ0v) is 13.7. The first-order chi connectivity index (χ1) is 11.0. The number of carbonyl (C=O) groups excluding carboxylic acids is 3. The number of thioether (sulfide) groups is 1. The molecule has 3 rings (SSSR count). The molecule has 2 amide bonds. The highest BCUT2D eigenvalue weighted by Gasteiger charge is 2.30. The first-order valence-electron chi connectivity index (χ1n) is 7.23. The second kappa shape index (κ2) is 6.80. The number of nitrogens with one attached hydrogen (secondary N) is 2. The van der Waals surface area contributed by atoms with Gasteiger partial charge in [-0.1, -0.05) is 11.6 Å². The molecule has 1 fully saturated rings. The normalized spacial score (nSPS) is 19.5. The van der Waals surface area contributed by atoms with Crippen molar-refractivity contribution < 1.29 is 19.1 Å². The van der Waals surface area contributed by atoms with Crippen molar-refractivity contribution in [3.05, 3.63) is 23.2 Å². The first-order valence-corrected chi connectivity index (χ1v) is 8.49. The van der Waals surface area contributed by atoms with Crippen molar-refractivity contribution in [2.75, 3.05) is 11.9 Å². The number of ether oxygens (including phenoxy) is 1. The lowest BCUT2D eigenvalue weighted by atomic mass is 10.2. The van der Waals surface area contributed by atoms with Gasteiger partial charge in [-0.15, -0.1) is 11.8 Å². The summed E-state index contributed by atoms with van der Waals surface area (Å²) in [6, 6.07) is 5.41. The lowest BCUT2D eigenvalue weighted by molar-refractivity contribution is -0.149. The smallest absolute Gasteiger partial charge is 0.307 e. The average Bonchev–Trinajstić information content (AvgIpc) is 3.30. The van der Waals surface area contributed by atoms with Crippen LogP contribution in [-0.2, 0) is 19.1 Å². The summed E-state index contributed by atoms with van der Waals surface area (Å²) in [6.45, 7) is -0.305. The standard InChI is InChI=1S/C15H15ClN2O4S/c16-8-1-4-11-10(5-8)18-15(21)12(23-11)6-14(20)22-7-13(19)17-9-2-3-9/h1,4-5,9,12H,2-3,6-7H2,(H,17,19)(H,18,21). The van der Waals surface area contributed by atoms with Gasteiger partial charge in [-0.25, -0.2) is 0 Å². The molecule has 1 aliphatic heterocycles. The van der Waals surface area contributed by atoms with E-state index in [2.05, 4.69) is 10.6 Å². The van der Waals surface area contributed by atoms with E-state index in [0.717, 1.165) is 17.7 Å². The van der Waals surface area contributed by atoms with Crippen molar-refractivity contribution in [1.82, 2.24) is 5.32 Å². The Morgan fingerprint density at radius 1 is 1.39 bits per heavy atom. The van der Waals surface area contributed by atoms with E-state index in [4.69, 9.17) is 16.3 Å². The van der Waals surface area contributed by atoms with Crippen molar-refractivity contribution in [3.8, 4) is 0 Å². The van der Waals surface area contributed by atoms with Gasteiger partial charge in [-0.3, -0.25) is 14.4 Å². The van der Waals surface area contributed by atoms with Crippen LogP contribution in [0.1, 0.15) is 19.3 Å². The zero-order valence-electron chi connectivity index (χ0n) is 12.1. The van der Waals surface area contributed by atoms with Gasteiger partial charge < -0.3 is 15.4 Å². The van der Waals surface area contributed by atoms with Crippen molar-refractivity contribution in [3.63, 3.8) is 0 Å². The van der Waals surface area contributed by atoms with E-state index < -0.39 is 11.2 Å². The van der Waals surface area contributed by atoms with Crippen LogP contribution in [0.4, 0.5) is 5.69 Å². The molecule has 1 aromatic rings. The third-order valence-corrected chi connectivity index (χ3v) is 4.93. The molecular weight excluding hydrogens is 340 g/mol. The minimum absolute atomic E-state index is 0.0880. The molecule has 1 atom stereocenters. The van der Waals surface area contributed by atoms with Crippen LogP contribution >= 0.6 is 23.4 Å². The lowest BCUT2D eigenvalue weighted by Gasteiger charge is -2.23. The van der Waals surface area contributed by atoms with Gasteiger partial charge in [0.1, 0.15) is 0 Å². The van der Waals surface area contributed by atoms with Gasteiger partial charge in [0.2, 0.25) is 5.91 Å². The summed E-state index contributed by atoms with van der Waals surface area (Å²) < 4.78 is 4.93. The van der Waals surface area contributed by atoms with E-state index in [9.17, 15) is 14.4 Å². The molecule has 1 unspecified atom stereocenters. The Hall–Kier alpha value is -1.73.